The number of carboxylic acid groups (broad SMARTS) is 1. The van der Waals surface area contributed by atoms with E-state index < -0.39 is 5.97 Å². The van der Waals surface area contributed by atoms with E-state index in [1.165, 1.54) is 51.4 Å². The Labute approximate surface area is 150 Å². The maximum absolute atomic E-state index is 11.7. The minimum atomic E-state index is -0.761. The third kappa shape index (κ3) is 4.19. The summed E-state index contributed by atoms with van der Waals surface area (Å²) in [6.07, 6.45) is 16.4. The lowest BCUT2D eigenvalue weighted by Crippen LogP contribution is -2.38. The molecule has 3 rings (SSSR count). The molecule has 0 radical (unpaired) electrons. The highest BCUT2D eigenvalue weighted by Crippen LogP contribution is 2.49. The van der Waals surface area contributed by atoms with Crippen LogP contribution in [-0.4, -0.2) is 33.6 Å². The van der Waals surface area contributed by atoms with Gasteiger partial charge in [-0.3, -0.25) is 0 Å². The quantitative estimate of drug-likeness (QED) is 0.601. The molecule has 0 aromatic carbocycles. The molecule has 4 heteroatoms. The van der Waals surface area contributed by atoms with Crippen LogP contribution in [0.1, 0.15) is 58.3 Å². The SMILES string of the molecule is CCCCCCSC1C(C(=O)O)=CC=CN1CC1CC2CCC1C2. The molecule has 1 aliphatic heterocycles. The number of carboxylic acids is 1. The zero-order chi connectivity index (χ0) is 16.9. The van der Waals surface area contributed by atoms with Crippen molar-refractivity contribution in [2.24, 2.45) is 17.8 Å². The highest BCUT2D eigenvalue weighted by atomic mass is 32.2. The zero-order valence-corrected chi connectivity index (χ0v) is 15.6. The van der Waals surface area contributed by atoms with Gasteiger partial charge >= 0.3 is 5.97 Å². The summed E-state index contributed by atoms with van der Waals surface area (Å²) in [5.74, 6) is 2.89. The van der Waals surface area contributed by atoms with Crippen molar-refractivity contribution < 1.29 is 9.90 Å². The van der Waals surface area contributed by atoms with Gasteiger partial charge in [-0.15, -0.1) is 11.8 Å². The van der Waals surface area contributed by atoms with Crippen molar-refractivity contribution in [3.63, 3.8) is 0 Å². The van der Waals surface area contributed by atoms with Gasteiger partial charge in [-0.2, -0.15) is 0 Å². The van der Waals surface area contributed by atoms with Crippen LogP contribution in [0.2, 0.25) is 0 Å². The fraction of sp³-hybridized carbons (Fsp3) is 0.750. The Morgan fingerprint density at radius 2 is 2.17 bits per heavy atom. The van der Waals surface area contributed by atoms with E-state index in [1.807, 2.05) is 17.8 Å². The number of nitrogens with zero attached hydrogens (tertiary/aromatic N) is 1. The number of hydrogen-bond donors (Lipinski definition) is 1. The second kappa shape index (κ2) is 8.46. The molecular formula is C20H31NO2S. The van der Waals surface area contributed by atoms with Gasteiger partial charge in [0.1, 0.15) is 5.37 Å². The standard InChI is InChI=1S/C20H31NO2S/c1-2-3-4-5-11-24-19-18(20(22)23)7-6-10-21(19)14-17-13-15-8-9-16(17)12-15/h6-7,10,15-17,19H,2-5,8-9,11-14H2,1H3,(H,22,23). The highest BCUT2D eigenvalue weighted by molar-refractivity contribution is 8.00. The molecule has 0 saturated heterocycles. The van der Waals surface area contributed by atoms with Crippen molar-refractivity contribution in [1.82, 2.24) is 4.90 Å². The number of hydrogen-bond acceptors (Lipinski definition) is 3. The van der Waals surface area contributed by atoms with Crippen molar-refractivity contribution in [2.75, 3.05) is 12.3 Å². The first-order valence-electron chi connectivity index (χ1n) is 9.68. The van der Waals surface area contributed by atoms with Gasteiger partial charge in [-0.25, -0.2) is 4.79 Å². The van der Waals surface area contributed by atoms with Gasteiger partial charge < -0.3 is 10.0 Å². The number of aliphatic carboxylic acids is 1. The van der Waals surface area contributed by atoms with Gasteiger partial charge in [0.25, 0.3) is 0 Å². The van der Waals surface area contributed by atoms with E-state index in [-0.39, 0.29) is 5.37 Å². The van der Waals surface area contributed by atoms with E-state index in [2.05, 4.69) is 18.0 Å². The van der Waals surface area contributed by atoms with Crippen LogP contribution in [-0.2, 0) is 4.79 Å². The average Bonchev–Trinajstić information content (AvgIpc) is 3.18. The van der Waals surface area contributed by atoms with E-state index in [4.69, 9.17) is 0 Å². The molecule has 1 N–H and O–H groups in total. The predicted molar refractivity (Wildman–Crippen MR) is 101 cm³/mol. The van der Waals surface area contributed by atoms with Gasteiger partial charge in [0.2, 0.25) is 0 Å². The van der Waals surface area contributed by atoms with E-state index >= 15 is 0 Å². The summed E-state index contributed by atoms with van der Waals surface area (Å²) in [5, 5.41) is 9.58. The molecule has 2 aliphatic carbocycles. The lowest BCUT2D eigenvalue weighted by molar-refractivity contribution is -0.133. The van der Waals surface area contributed by atoms with Crippen molar-refractivity contribution in [3.8, 4) is 0 Å². The van der Waals surface area contributed by atoms with Gasteiger partial charge in [0.05, 0.1) is 5.57 Å². The lowest BCUT2D eigenvalue weighted by Gasteiger charge is -2.36. The summed E-state index contributed by atoms with van der Waals surface area (Å²) in [5.41, 5.74) is 0.557. The van der Waals surface area contributed by atoms with Crippen LogP contribution in [0.4, 0.5) is 0 Å². The van der Waals surface area contributed by atoms with Gasteiger partial charge in [0.15, 0.2) is 0 Å². The molecule has 0 aromatic rings. The Morgan fingerprint density at radius 3 is 2.83 bits per heavy atom. The molecule has 0 amide bonds. The topological polar surface area (TPSA) is 40.5 Å². The second-order valence-electron chi connectivity index (χ2n) is 7.68. The molecular weight excluding hydrogens is 318 g/mol. The minimum Gasteiger partial charge on any atom is -0.478 e. The maximum Gasteiger partial charge on any atom is 0.334 e. The fourth-order valence-electron chi connectivity index (χ4n) is 4.71. The molecule has 0 aromatic heterocycles. The van der Waals surface area contributed by atoms with Crippen LogP contribution in [0.25, 0.3) is 0 Å². The first kappa shape index (κ1) is 17.9. The largest absolute Gasteiger partial charge is 0.478 e. The predicted octanol–water partition coefficient (Wildman–Crippen LogP) is 4.90. The summed E-state index contributed by atoms with van der Waals surface area (Å²) in [7, 11) is 0. The number of rotatable bonds is 9. The molecule has 2 fully saturated rings. The van der Waals surface area contributed by atoms with Crippen LogP contribution < -0.4 is 0 Å². The van der Waals surface area contributed by atoms with Crippen LogP contribution >= 0.6 is 11.8 Å². The van der Waals surface area contributed by atoms with Crippen LogP contribution in [0.3, 0.4) is 0 Å². The van der Waals surface area contributed by atoms with E-state index in [1.54, 1.807) is 6.08 Å². The number of allylic oxidation sites excluding steroid dienone is 2. The molecule has 4 unspecified atom stereocenters. The van der Waals surface area contributed by atoms with Gasteiger partial charge in [0, 0.05) is 12.7 Å². The second-order valence-corrected chi connectivity index (χ2v) is 8.87. The van der Waals surface area contributed by atoms with Crippen LogP contribution in [0, 0.1) is 17.8 Å². The molecule has 2 bridgehead atoms. The maximum atomic E-state index is 11.7. The molecule has 4 atom stereocenters. The Kier molecular flexibility index (Phi) is 6.31. The molecule has 134 valence electrons. The fourth-order valence-corrected chi connectivity index (χ4v) is 6.01. The van der Waals surface area contributed by atoms with E-state index in [9.17, 15) is 9.90 Å². The number of fused-ring (bicyclic) bond motifs is 2. The summed E-state index contributed by atoms with van der Waals surface area (Å²) in [4.78, 5) is 14.0. The van der Waals surface area contributed by atoms with Crippen LogP contribution in [0.15, 0.2) is 23.9 Å². The van der Waals surface area contributed by atoms with Crippen LogP contribution in [0.5, 0.6) is 0 Å². The van der Waals surface area contributed by atoms with Gasteiger partial charge in [-0.05, 0) is 61.3 Å². The zero-order valence-electron chi connectivity index (χ0n) is 14.8. The summed E-state index contributed by atoms with van der Waals surface area (Å²) >= 11 is 1.82. The summed E-state index contributed by atoms with van der Waals surface area (Å²) in [6.45, 7) is 3.26. The average molecular weight is 350 g/mol. The molecule has 3 aliphatic rings. The lowest BCUT2D eigenvalue weighted by atomic mass is 9.88. The molecule has 24 heavy (non-hydrogen) atoms. The number of carbonyl (C=O) groups is 1. The molecule has 1 heterocycles. The third-order valence-corrected chi connectivity index (χ3v) is 7.34. The summed E-state index contributed by atoms with van der Waals surface area (Å²) in [6, 6.07) is 0. The van der Waals surface area contributed by atoms with Crippen molar-refractivity contribution in [3.05, 3.63) is 23.9 Å². The minimum absolute atomic E-state index is 0.00625. The van der Waals surface area contributed by atoms with Crippen molar-refractivity contribution in [1.29, 1.82) is 0 Å². The smallest absolute Gasteiger partial charge is 0.334 e. The summed E-state index contributed by atoms with van der Waals surface area (Å²) < 4.78 is 0. The number of thioether (sulfide) groups is 1. The Hall–Kier alpha value is -0.900. The molecule has 0 spiro atoms. The highest BCUT2D eigenvalue weighted by Gasteiger charge is 2.41. The number of unbranched alkanes of at least 4 members (excludes halogenated alkanes) is 3. The third-order valence-electron chi connectivity index (χ3n) is 5.97. The first-order valence-corrected chi connectivity index (χ1v) is 10.7. The van der Waals surface area contributed by atoms with Crippen molar-refractivity contribution >= 4 is 17.7 Å². The Morgan fingerprint density at radius 1 is 1.29 bits per heavy atom. The van der Waals surface area contributed by atoms with Gasteiger partial charge in [-0.1, -0.05) is 32.6 Å². The Bertz CT molecular complexity index is 502. The van der Waals surface area contributed by atoms with E-state index in [0.29, 0.717) is 5.57 Å². The van der Waals surface area contributed by atoms with E-state index in [0.717, 1.165) is 30.1 Å². The normalized spacial score (nSPS) is 31.5. The first-order chi connectivity index (χ1) is 11.7. The van der Waals surface area contributed by atoms with Crippen molar-refractivity contribution in [2.45, 2.75) is 63.7 Å². The molecule has 2 saturated carbocycles. The Balaban J connectivity index is 1.58. The monoisotopic (exact) mass is 349 g/mol. The molecule has 3 nitrogen and oxygen atoms in total.